The number of hydrogen-bond acceptors (Lipinski definition) is 5. The van der Waals surface area contributed by atoms with E-state index in [1.54, 1.807) is 11.3 Å². The number of aliphatic imine (C=N–C) groups is 1. The van der Waals surface area contributed by atoms with Gasteiger partial charge in [-0.1, -0.05) is 30.3 Å². The van der Waals surface area contributed by atoms with Crippen LogP contribution in [0, 0.1) is 13.8 Å². The summed E-state index contributed by atoms with van der Waals surface area (Å²) in [6.45, 7) is 7.86. The minimum Gasteiger partial charge on any atom is -0.357 e. The average molecular weight is 409 g/mol. The summed E-state index contributed by atoms with van der Waals surface area (Å²) in [6, 6.07) is 9.28. The first kappa shape index (κ1) is 21.4. The number of hydrogen-bond donors (Lipinski definition) is 2. The van der Waals surface area contributed by atoms with Crippen molar-refractivity contribution in [2.75, 3.05) is 18.8 Å². The van der Waals surface area contributed by atoms with E-state index in [-0.39, 0.29) is 11.5 Å². The number of aryl methyl sites for hydroxylation is 2. The second-order valence-electron chi connectivity index (χ2n) is 6.30. The summed E-state index contributed by atoms with van der Waals surface area (Å²) in [5.41, 5.74) is 1.88. The van der Waals surface area contributed by atoms with Gasteiger partial charge in [0.05, 0.1) is 23.7 Å². The fourth-order valence-electron chi connectivity index (χ4n) is 2.49. The van der Waals surface area contributed by atoms with Crippen LogP contribution in [-0.2, 0) is 22.1 Å². The van der Waals surface area contributed by atoms with Crippen molar-refractivity contribution < 1.29 is 8.42 Å². The molecule has 1 aromatic carbocycles. The van der Waals surface area contributed by atoms with E-state index in [9.17, 15) is 8.42 Å². The van der Waals surface area contributed by atoms with Gasteiger partial charge < -0.3 is 10.6 Å². The highest BCUT2D eigenvalue weighted by Gasteiger charge is 2.11. The van der Waals surface area contributed by atoms with E-state index in [1.807, 2.05) is 44.2 Å². The molecule has 0 aliphatic carbocycles. The molecule has 0 saturated carbocycles. The molecule has 0 bridgehead atoms. The lowest BCUT2D eigenvalue weighted by atomic mass is 10.2. The van der Waals surface area contributed by atoms with Crippen molar-refractivity contribution in [2.24, 2.45) is 4.99 Å². The van der Waals surface area contributed by atoms with Gasteiger partial charge in [0.2, 0.25) is 0 Å². The first-order chi connectivity index (χ1) is 12.9. The second kappa shape index (κ2) is 10.4. The van der Waals surface area contributed by atoms with Crippen molar-refractivity contribution in [3.05, 3.63) is 51.5 Å². The maximum Gasteiger partial charge on any atom is 0.191 e. The fraction of sp³-hybridized carbons (Fsp3) is 0.474. The van der Waals surface area contributed by atoms with Gasteiger partial charge in [-0.2, -0.15) is 0 Å². The molecule has 0 radical (unpaired) electrons. The van der Waals surface area contributed by atoms with Crippen LogP contribution >= 0.6 is 11.3 Å². The summed E-state index contributed by atoms with van der Waals surface area (Å²) in [5, 5.41) is 7.36. The number of sulfone groups is 1. The molecule has 0 aliphatic heterocycles. The number of thiazole rings is 1. The number of guanidine groups is 1. The molecule has 0 atom stereocenters. The Bertz CT molecular complexity index is 826. The normalized spacial score (nSPS) is 12.2. The van der Waals surface area contributed by atoms with Gasteiger partial charge in [-0.15, -0.1) is 11.3 Å². The van der Waals surface area contributed by atoms with E-state index in [0.717, 1.165) is 22.8 Å². The Hall–Kier alpha value is -1.93. The molecule has 1 aromatic heterocycles. The third-order valence-corrected chi connectivity index (χ3v) is 6.68. The molecule has 0 amide bonds. The Kier molecular flexibility index (Phi) is 8.24. The number of aromatic nitrogens is 1. The molecule has 0 fully saturated rings. The summed E-state index contributed by atoms with van der Waals surface area (Å²) in [7, 11) is -3.11. The molecule has 27 heavy (non-hydrogen) atoms. The van der Waals surface area contributed by atoms with Gasteiger partial charge in [0.1, 0.15) is 5.01 Å². The van der Waals surface area contributed by atoms with Crippen LogP contribution < -0.4 is 10.6 Å². The van der Waals surface area contributed by atoms with Crippen molar-refractivity contribution in [2.45, 2.75) is 39.5 Å². The number of nitrogens with zero attached hydrogens (tertiary/aromatic N) is 2. The van der Waals surface area contributed by atoms with Crippen LogP contribution in [0.3, 0.4) is 0 Å². The van der Waals surface area contributed by atoms with Gasteiger partial charge >= 0.3 is 0 Å². The Morgan fingerprint density at radius 2 is 1.93 bits per heavy atom. The summed E-state index contributed by atoms with van der Waals surface area (Å²) in [4.78, 5) is 10.2. The van der Waals surface area contributed by atoms with Crippen molar-refractivity contribution in [3.8, 4) is 0 Å². The van der Waals surface area contributed by atoms with Gasteiger partial charge in [0, 0.05) is 18.0 Å². The molecule has 8 heteroatoms. The zero-order chi connectivity index (χ0) is 19.7. The van der Waals surface area contributed by atoms with Crippen molar-refractivity contribution in [3.63, 3.8) is 0 Å². The Morgan fingerprint density at radius 1 is 1.19 bits per heavy atom. The summed E-state index contributed by atoms with van der Waals surface area (Å²) in [5.74, 6) is 0.924. The topological polar surface area (TPSA) is 83.4 Å². The third-order valence-electron chi connectivity index (χ3n) is 3.94. The van der Waals surface area contributed by atoms with Gasteiger partial charge in [-0.25, -0.2) is 18.4 Å². The van der Waals surface area contributed by atoms with Gasteiger partial charge in [-0.3, -0.25) is 0 Å². The zero-order valence-corrected chi connectivity index (χ0v) is 17.8. The van der Waals surface area contributed by atoms with Crippen LogP contribution in [0.25, 0.3) is 0 Å². The summed E-state index contributed by atoms with van der Waals surface area (Å²) >= 11 is 1.65. The Morgan fingerprint density at radius 3 is 2.56 bits per heavy atom. The molecule has 2 aromatic rings. The molecule has 0 aliphatic rings. The molecule has 2 N–H and O–H groups in total. The number of benzene rings is 1. The molecule has 2 rings (SSSR count). The lowest BCUT2D eigenvalue weighted by Crippen LogP contribution is -2.38. The minimum atomic E-state index is -3.11. The summed E-state index contributed by atoms with van der Waals surface area (Å²) in [6.07, 6.45) is 0.537. The van der Waals surface area contributed by atoms with E-state index >= 15 is 0 Å². The first-order valence-corrected chi connectivity index (χ1v) is 11.7. The molecular formula is C19H28N4O2S2. The van der Waals surface area contributed by atoms with Gasteiger partial charge in [-0.05, 0) is 32.8 Å². The predicted molar refractivity (Wildman–Crippen MR) is 113 cm³/mol. The smallest absolute Gasteiger partial charge is 0.191 e. The number of nitrogens with one attached hydrogen (secondary N) is 2. The monoisotopic (exact) mass is 408 g/mol. The van der Waals surface area contributed by atoms with Gasteiger partial charge in [0.25, 0.3) is 0 Å². The molecule has 1 heterocycles. The van der Waals surface area contributed by atoms with E-state index in [4.69, 9.17) is 0 Å². The largest absolute Gasteiger partial charge is 0.357 e. The molecule has 0 saturated heterocycles. The van der Waals surface area contributed by atoms with Crippen molar-refractivity contribution in [1.82, 2.24) is 15.6 Å². The molecule has 0 unspecified atom stereocenters. The molecule has 148 valence electrons. The van der Waals surface area contributed by atoms with Crippen LogP contribution in [0.15, 0.2) is 35.3 Å². The van der Waals surface area contributed by atoms with E-state index in [0.29, 0.717) is 25.5 Å². The third kappa shape index (κ3) is 7.68. The van der Waals surface area contributed by atoms with E-state index < -0.39 is 9.84 Å². The fourth-order valence-corrected chi connectivity index (χ4v) is 4.78. The highest BCUT2D eigenvalue weighted by molar-refractivity contribution is 7.90. The predicted octanol–water partition coefficient (Wildman–Crippen LogP) is 2.82. The average Bonchev–Trinajstić information content (AvgIpc) is 2.95. The standard InChI is InChI=1S/C19H28N4O2S2/c1-4-20-19(22-13-18-23-15(2)16(3)26-18)21-11-8-12-27(24,25)14-17-9-6-5-7-10-17/h5-7,9-10H,4,8,11-14H2,1-3H3,(H2,20,21,22). The summed E-state index contributed by atoms with van der Waals surface area (Å²) < 4.78 is 24.5. The Labute approximate surface area is 166 Å². The highest BCUT2D eigenvalue weighted by atomic mass is 32.2. The lowest BCUT2D eigenvalue weighted by Gasteiger charge is -2.11. The second-order valence-corrected chi connectivity index (χ2v) is 9.77. The SMILES string of the molecule is CCNC(=NCc1nc(C)c(C)s1)NCCCS(=O)(=O)Cc1ccccc1. The van der Waals surface area contributed by atoms with Crippen molar-refractivity contribution >= 4 is 27.1 Å². The highest BCUT2D eigenvalue weighted by Crippen LogP contribution is 2.16. The lowest BCUT2D eigenvalue weighted by molar-refractivity contribution is 0.591. The van der Waals surface area contributed by atoms with E-state index in [2.05, 4.69) is 27.5 Å². The van der Waals surface area contributed by atoms with Crippen LogP contribution in [0.5, 0.6) is 0 Å². The van der Waals surface area contributed by atoms with Crippen molar-refractivity contribution in [1.29, 1.82) is 0 Å². The van der Waals surface area contributed by atoms with Crippen LogP contribution in [0.1, 0.15) is 34.5 Å². The number of rotatable bonds is 9. The van der Waals surface area contributed by atoms with Gasteiger partial charge in [0.15, 0.2) is 15.8 Å². The van der Waals surface area contributed by atoms with E-state index in [1.165, 1.54) is 4.88 Å². The minimum absolute atomic E-state index is 0.0880. The first-order valence-electron chi connectivity index (χ1n) is 9.09. The zero-order valence-electron chi connectivity index (χ0n) is 16.2. The van der Waals surface area contributed by atoms with Crippen LogP contribution in [0.4, 0.5) is 0 Å². The molecule has 6 nitrogen and oxygen atoms in total. The quantitative estimate of drug-likeness (QED) is 0.379. The molecular weight excluding hydrogens is 380 g/mol. The molecule has 0 spiro atoms. The maximum absolute atomic E-state index is 12.2. The van der Waals surface area contributed by atoms with Crippen LogP contribution in [-0.4, -0.2) is 38.2 Å². The van der Waals surface area contributed by atoms with Crippen LogP contribution in [0.2, 0.25) is 0 Å². The maximum atomic E-state index is 12.2. The Balaban J connectivity index is 1.80.